The van der Waals surface area contributed by atoms with E-state index in [-0.39, 0.29) is 39.9 Å². The van der Waals surface area contributed by atoms with Crippen LogP contribution in [0.25, 0.3) is 0 Å². The number of hydrogen-bond acceptors (Lipinski definition) is 9. The normalized spacial score (nSPS) is 11.4. The predicted octanol–water partition coefficient (Wildman–Crippen LogP) is 1.74. The molecule has 0 aliphatic heterocycles. The van der Waals surface area contributed by atoms with Crippen molar-refractivity contribution < 1.29 is 33.4 Å². The summed E-state index contributed by atoms with van der Waals surface area (Å²) in [5, 5.41) is 12.1. The molecule has 0 fully saturated rings. The molecular weight excluding hydrogens is 493 g/mol. The third kappa shape index (κ3) is 5.75. The highest BCUT2D eigenvalue weighted by atomic mass is 32.1. The Kier molecular flexibility index (Phi) is 8.17. The maximum Gasteiger partial charge on any atom is 0.325 e. The zero-order valence-corrected chi connectivity index (χ0v) is 19.8. The van der Waals surface area contributed by atoms with Crippen molar-refractivity contribution in [3.8, 4) is 5.75 Å². The Bertz CT molecular complexity index is 1300. The van der Waals surface area contributed by atoms with Gasteiger partial charge >= 0.3 is 5.97 Å². The van der Waals surface area contributed by atoms with Gasteiger partial charge in [-0.15, -0.1) is 0 Å². The number of aromatic hydroxyl groups is 1. The average molecular weight is 516 g/mol. The van der Waals surface area contributed by atoms with Gasteiger partial charge in [0.25, 0.3) is 11.8 Å². The highest BCUT2D eigenvalue weighted by Gasteiger charge is 2.36. The second-order valence-corrected chi connectivity index (χ2v) is 8.08. The topological polar surface area (TPSA) is 178 Å². The molecule has 13 heteroatoms. The lowest BCUT2D eigenvalue weighted by Crippen LogP contribution is -2.45. The molecule has 11 nitrogen and oxygen atoms in total. The van der Waals surface area contributed by atoms with Crippen LogP contribution in [-0.4, -0.2) is 46.3 Å². The summed E-state index contributed by atoms with van der Waals surface area (Å²) < 4.78 is 22.9. The van der Waals surface area contributed by atoms with Crippen LogP contribution in [0.3, 0.4) is 0 Å². The number of ether oxygens (including phenoxy) is 1. The fourth-order valence-electron chi connectivity index (χ4n) is 3.29. The van der Waals surface area contributed by atoms with Gasteiger partial charge in [-0.3, -0.25) is 24.1 Å². The molecule has 0 spiro atoms. The first kappa shape index (κ1) is 26.1. The third-order valence-electron chi connectivity index (χ3n) is 4.89. The minimum absolute atomic E-state index is 0.0298. The van der Waals surface area contributed by atoms with Crippen LogP contribution in [0, 0.1) is 5.82 Å². The highest BCUT2D eigenvalue weighted by Crippen LogP contribution is 2.33. The van der Waals surface area contributed by atoms with Crippen LogP contribution < -0.4 is 21.7 Å². The van der Waals surface area contributed by atoms with Gasteiger partial charge in [0.2, 0.25) is 5.91 Å². The summed E-state index contributed by atoms with van der Waals surface area (Å²) in [6.07, 6.45) is 0. The summed E-state index contributed by atoms with van der Waals surface area (Å²) in [7, 11) is 0. The monoisotopic (exact) mass is 515 g/mol. The third-order valence-corrected chi connectivity index (χ3v) is 5.74. The predicted molar refractivity (Wildman–Crippen MR) is 129 cm³/mol. The molecule has 188 valence electrons. The maximum atomic E-state index is 14.2. The minimum atomic E-state index is -1.46. The van der Waals surface area contributed by atoms with Crippen molar-refractivity contribution in [2.45, 2.75) is 13.0 Å². The number of benzene rings is 2. The largest absolute Gasteiger partial charge is 0.508 e. The Labute approximate surface area is 208 Å². The molecule has 1 unspecified atom stereocenters. The summed E-state index contributed by atoms with van der Waals surface area (Å²) in [5.74, 6) is -4.17. The zero-order chi connectivity index (χ0) is 26.4. The van der Waals surface area contributed by atoms with Gasteiger partial charge in [-0.1, -0.05) is 18.2 Å². The van der Waals surface area contributed by atoms with Crippen molar-refractivity contribution in [1.82, 2.24) is 9.69 Å². The van der Waals surface area contributed by atoms with E-state index in [9.17, 15) is 28.7 Å². The summed E-state index contributed by atoms with van der Waals surface area (Å²) in [4.78, 5) is 51.3. The van der Waals surface area contributed by atoms with Crippen molar-refractivity contribution >= 4 is 46.6 Å². The number of nitrogens with one attached hydrogen (secondary N) is 1. The number of carbonyl (C=O) groups excluding carboxylic acids is 4. The van der Waals surface area contributed by atoms with Crippen LogP contribution in [0.2, 0.25) is 0 Å². The molecule has 0 aliphatic rings. The lowest BCUT2D eigenvalue weighted by Gasteiger charge is -2.31. The Morgan fingerprint density at radius 1 is 1.19 bits per heavy atom. The Morgan fingerprint density at radius 2 is 1.89 bits per heavy atom. The molecule has 1 atom stereocenters. The molecule has 0 bridgehead atoms. The Morgan fingerprint density at radius 3 is 2.47 bits per heavy atom. The fourth-order valence-corrected chi connectivity index (χ4v) is 4.03. The molecule has 1 heterocycles. The van der Waals surface area contributed by atoms with Gasteiger partial charge in [-0.25, -0.2) is 4.39 Å². The number of nitrogen functional groups attached to an aromatic ring is 1. The number of nitrogens with zero attached hydrogens (tertiary/aromatic N) is 2. The van der Waals surface area contributed by atoms with Crippen LogP contribution in [0.15, 0.2) is 48.5 Å². The van der Waals surface area contributed by atoms with Crippen LogP contribution in [-0.2, 0) is 14.3 Å². The molecule has 0 saturated heterocycles. The number of rotatable bonds is 9. The van der Waals surface area contributed by atoms with E-state index in [1.807, 2.05) is 0 Å². The van der Waals surface area contributed by atoms with E-state index in [1.54, 1.807) is 6.92 Å². The number of primary amides is 1. The molecule has 6 N–H and O–H groups in total. The van der Waals surface area contributed by atoms with Gasteiger partial charge < -0.3 is 26.6 Å². The van der Waals surface area contributed by atoms with Crippen molar-refractivity contribution in [1.29, 1.82) is 0 Å². The van der Waals surface area contributed by atoms with Crippen molar-refractivity contribution in [3.63, 3.8) is 0 Å². The van der Waals surface area contributed by atoms with Crippen molar-refractivity contribution in [3.05, 3.63) is 70.5 Å². The Balaban J connectivity index is 2.15. The second kappa shape index (κ2) is 11.3. The summed E-state index contributed by atoms with van der Waals surface area (Å²) in [6.45, 7) is 1.20. The van der Waals surface area contributed by atoms with Crippen molar-refractivity contribution in [2.75, 3.05) is 23.8 Å². The van der Waals surface area contributed by atoms with Crippen LogP contribution in [0.4, 0.5) is 15.8 Å². The fraction of sp³-hybridized carbons (Fsp3) is 0.174. The molecule has 3 rings (SSSR count). The number of esters is 1. The number of halogens is 1. The first-order valence-corrected chi connectivity index (χ1v) is 11.3. The average Bonchev–Trinajstić information content (AvgIpc) is 3.23. The first-order valence-electron chi connectivity index (χ1n) is 10.5. The van der Waals surface area contributed by atoms with Gasteiger partial charge in [0.1, 0.15) is 29.0 Å². The van der Waals surface area contributed by atoms with Crippen LogP contribution >= 0.6 is 11.5 Å². The number of phenolic OH excluding ortho intramolecular Hbond substituents is 1. The Hall–Kier alpha value is -4.52. The SMILES string of the molecule is CCOC(=O)CNC(=O)C(c1ccc(O)cc1)N(C(=O)c1snc(C(N)=O)c1N)c1cccc(F)c1. The minimum Gasteiger partial charge on any atom is -0.508 e. The van der Waals surface area contributed by atoms with Gasteiger partial charge in [0, 0.05) is 5.69 Å². The maximum absolute atomic E-state index is 14.2. The van der Waals surface area contributed by atoms with E-state index in [0.717, 1.165) is 17.0 Å². The van der Waals surface area contributed by atoms with E-state index < -0.39 is 42.1 Å². The molecule has 0 aliphatic carbocycles. The molecule has 1 aromatic heterocycles. The highest BCUT2D eigenvalue weighted by molar-refractivity contribution is 7.09. The molecule has 3 aromatic rings. The van der Waals surface area contributed by atoms with E-state index >= 15 is 0 Å². The number of anilines is 2. The molecule has 2 aromatic carbocycles. The van der Waals surface area contributed by atoms with Crippen LogP contribution in [0.5, 0.6) is 5.75 Å². The number of nitrogens with two attached hydrogens (primary N) is 2. The van der Waals surface area contributed by atoms with Crippen molar-refractivity contribution in [2.24, 2.45) is 5.73 Å². The second-order valence-electron chi connectivity index (χ2n) is 7.31. The summed E-state index contributed by atoms with van der Waals surface area (Å²) in [5.41, 5.74) is 10.8. The zero-order valence-electron chi connectivity index (χ0n) is 18.9. The van der Waals surface area contributed by atoms with Crippen LogP contribution in [0.1, 0.15) is 38.7 Å². The lowest BCUT2D eigenvalue weighted by molar-refractivity contribution is -0.143. The van der Waals surface area contributed by atoms with E-state index in [2.05, 4.69) is 9.69 Å². The van der Waals surface area contributed by atoms with Gasteiger partial charge in [-0.2, -0.15) is 4.37 Å². The first-order chi connectivity index (χ1) is 17.1. The number of aromatic nitrogens is 1. The standard InChI is InChI=1S/C23H22FN5O6S/c1-2-35-16(31)11-27-22(33)19(12-6-8-15(30)9-7-12)29(14-5-3-4-13(24)10-14)23(34)20-17(25)18(21(26)32)28-36-20/h3-10,19,30H,2,11,25H2,1H3,(H2,26,32)(H,27,33). The van der Waals surface area contributed by atoms with E-state index in [4.69, 9.17) is 16.2 Å². The molecule has 0 radical (unpaired) electrons. The quantitative estimate of drug-likeness (QED) is 0.311. The molecule has 3 amide bonds. The smallest absolute Gasteiger partial charge is 0.325 e. The van der Waals surface area contributed by atoms with Gasteiger partial charge in [0.05, 0.1) is 12.3 Å². The molecule has 36 heavy (non-hydrogen) atoms. The lowest BCUT2D eigenvalue weighted by atomic mass is 10.0. The van der Waals surface area contributed by atoms with Gasteiger partial charge in [-0.05, 0) is 54.4 Å². The summed E-state index contributed by atoms with van der Waals surface area (Å²) in [6, 6.07) is 8.78. The number of amides is 3. The molecule has 0 saturated carbocycles. The number of carbonyl (C=O) groups is 4. The van der Waals surface area contributed by atoms with E-state index in [1.165, 1.54) is 36.4 Å². The molecular formula is C23H22FN5O6S. The number of hydrogen-bond donors (Lipinski definition) is 4. The number of phenols is 1. The summed E-state index contributed by atoms with van der Waals surface area (Å²) >= 11 is 0.585. The van der Waals surface area contributed by atoms with E-state index in [0.29, 0.717) is 11.5 Å². The van der Waals surface area contributed by atoms with Gasteiger partial charge in [0.15, 0.2) is 5.69 Å².